The Hall–Kier alpha value is -4.08. The molecule has 0 aliphatic heterocycles. The number of methoxy groups -OCH3 is 1. The number of carbonyl (C=O) groups excluding carboxylic acids is 4. The van der Waals surface area contributed by atoms with Gasteiger partial charge in [-0.25, -0.2) is 4.79 Å². The molecule has 10 nitrogen and oxygen atoms in total. The van der Waals surface area contributed by atoms with Gasteiger partial charge in [0.2, 0.25) is 11.8 Å². The van der Waals surface area contributed by atoms with Crippen LogP contribution in [0.4, 0.5) is 10.5 Å². The van der Waals surface area contributed by atoms with Crippen LogP contribution in [0, 0.1) is 12.8 Å². The molecule has 0 spiro atoms. The van der Waals surface area contributed by atoms with Crippen LogP contribution < -0.4 is 21.1 Å². The largest absolute Gasteiger partial charge is 0.497 e. The number of anilines is 1. The zero-order valence-electron chi connectivity index (χ0n) is 24.0. The van der Waals surface area contributed by atoms with Crippen LogP contribution >= 0.6 is 0 Å². The molecular weight excluding hydrogens is 512 g/mol. The second kappa shape index (κ2) is 12.8. The van der Waals surface area contributed by atoms with E-state index in [1.165, 1.54) is 4.90 Å². The average Bonchev–Trinajstić information content (AvgIpc) is 3.60. The third-order valence-electron chi connectivity index (χ3n) is 6.62. The van der Waals surface area contributed by atoms with E-state index >= 15 is 0 Å². The number of hydrogen-bond donors (Lipinski definition) is 3. The molecule has 0 saturated heterocycles. The minimum atomic E-state index is -1.13. The second-order valence-electron chi connectivity index (χ2n) is 11.3. The molecule has 40 heavy (non-hydrogen) atoms. The van der Waals surface area contributed by atoms with Crippen LogP contribution in [0.1, 0.15) is 64.1 Å². The summed E-state index contributed by atoms with van der Waals surface area (Å²) in [4.78, 5) is 54.0. The van der Waals surface area contributed by atoms with Gasteiger partial charge < -0.3 is 30.7 Å². The summed E-state index contributed by atoms with van der Waals surface area (Å²) in [5, 5.41) is 5.54. The minimum absolute atomic E-state index is 0.0360. The Balaban J connectivity index is 2.00. The first kappa shape index (κ1) is 30.5. The van der Waals surface area contributed by atoms with Crippen LogP contribution in [0.5, 0.6) is 5.75 Å². The molecule has 2 aromatic rings. The number of nitrogens with one attached hydrogen (secondary N) is 2. The predicted molar refractivity (Wildman–Crippen MR) is 152 cm³/mol. The number of carbonyl (C=O) groups is 4. The number of aryl methyl sites for hydroxylation is 1. The third-order valence-corrected chi connectivity index (χ3v) is 6.62. The lowest BCUT2D eigenvalue weighted by Crippen LogP contribution is -2.53. The molecule has 1 saturated carbocycles. The van der Waals surface area contributed by atoms with Crippen molar-refractivity contribution in [1.29, 1.82) is 0 Å². The van der Waals surface area contributed by atoms with Crippen molar-refractivity contribution in [2.24, 2.45) is 11.7 Å². The smallest absolute Gasteiger partial charge is 0.408 e. The van der Waals surface area contributed by atoms with Gasteiger partial charge in [0.25, 0.3) is 5.91 Å². The SMILES string of the molecule is COc1ccc(NC(=O)C(c2ccc(C)cc2)N(C(=O)C(CCC(N)=O)NC(=O)OC(C)(C)C)C2CC2C)cc1. The Kier molecular flexibility index (Phi) is 9.78. The Morgan fingerprint density at radius 2 is 1.65 bits per heavy atom. The van der Waals surface area contributed by atoms with Crippen molar-refractivity contribution >= 4 is 29.5 Å². The van der Waals surface area contributed by atoms with Gasteiger partial charge in [-0.1, -0.05) is 36.8 Å². The van der Waals surface area contributed by atoms with Crippen LogP contribution in [0.15, 0.2) is 48.5 Å². The predicted octanol–water partition coefficient (Wildman–Crippen LogP) is 4.08. The highest BCUT2D eigenvalue weighted by atomic mass is 16.6. The molecule has 0 heterocycles. The van der Waals surface area contributed by atoms with Crippen molar-refractivity contribution in [3.63, 3.8) is 0 Å². The summed E-state index contributed by atoms with van der Waals surface area (Å²) in [6.45, 7) is 9.07. The number of nitrogens with zero attached hydrogens (tertiary/aromatic N) is 1. The number of alkyl carbamates (subject to hydrolysis) is 1. The van der Waals surface area contributed by atoms with Crippen LogP contribution in [0.2, 0.25) is 0 Å². The first-order valence-electron chi connectivity index (χ1n) is 13.4. The molecule has 4 N–H and O–H groups in total. The van der Waals surface area contributed by atoms with E-state index < -0.39 is 41.5 Å². The van der Waals surface area contributed by atoms with Gasteiger partial charge in [-0.2, -0.15) is 0 Å². The second-order valence-corrected chi connectivity index (χ2v) is 11.3. The monoisotopic (exact) mass is 552 g/mol. The maximum atomic E-state index is 14.2. The molecule has 3 rings (SSSR count). The number of hydrogen-bond acceptors (Lipinski definition) is 6. The van der Waals surface area contributed by atoms with Gasteiger partial charge in [-0.3, -0.25) is 14.4 Å². The number of amides is 4. The van der Waals surface area contributed by atoms with Crippen molar-refractivity contribution in [3.05, 3.63) is 59.7 Å². The van der Waals surface area contributed by atoms with Crippen molar-refractivity contribution in [2.75, 3.05) is 12.4 Å². The standard InChI is InChI=1S/C30H40N4O6/c1-18-7-9-20(10-8-18)26(27(36)32-21-11-13-22(39-6)14-12-21)34(24-17-19(24)2)28(37)23(15-16-25(31)35)33-29(38)40-30(3,4)5/h7-14,19,23-24,26H,15-17H2,1-6H3,(H2,31,35)(H,32,36)(H,33,38). The van der Waals surface area contributed by atoms with Gasteiger partial charge in [0.1, 0.15) is 23.4 Å². The van der Waals surface area contributed by atoms with Crippen molar-refractivity contribution < 1.29 is 28.7 Å². The van der Waals surface area contributed by atoms with Crippen LogP contribution in [-0.4, -0.2) is 53.5 Å². The summed E-state index contributed by atoms with van der Waals surface area (Å²) in [5.74, 6) is -0.724. The van der Waals surface area contributed by atoms with E-state index in [1.54, 1.807) is 52.1 Å². The van der Waals surface area contributed by atoms with Crippen LogP contribution in [0.3, 0.4) is 0 Å². The van der Waals surface area contributed by atoms with Crippen LogP contribution in [0.25, 0.3) is 0 Å². The molecule has 1 aliphatic carbocycles. The molecule has 0 aromatic heterocycles. The quantitative estimate of drug-likeness (QED) is 0.384. The first-order chi connectivity index (χ1) is 18.8. The summed E-state index contributed by atoms with van der Waals surface area (Å²) in [5.41, 5.74) is 6.75. The molecule has 1 aliphatic rings. The summed E-state index contributed by atoms with van der Waals surface area (Å²) < 4.78 is 10.6. The summed E-state index contributed by atoms with van der Waals surface area (Å²) in [6.07, 6.45) is -0.272. The average molecular weight is 553 g/mol. The van der Waals surface area contributed by atoms with E-state index in [9.17, 15) is 19.2 Å². The van der Waals surface area contributed by atoms with Gasteiger partial charge in [-0.05, 0) is 76.3 Å². The summed E-state index contributed by atoms with van der Waals surface area (Å²) >= 11 is 0. The Bertz CT molecular complexity index is 1210. The Labute approximate surface area is 235 Å². The van der Waals surface area contributed by atoms with Gasteiger partial charge in [0.05, 0.1) is 7.11 Å². The lowest BCUT2D eigenvalue weighted by molar-refractivity contribution is -0.142. The maximum absolute atomic E-state index is 14.2. The Morgan fingerprint density at radius 1 is 1.05 bits per heavy atom. The maximum Gasteiger partial charge on any atom is 0.408 e. The third kappa shape index (κ3) is 8.46. The molecule has 1 fully saturated rings. The van der Waals surface area contributed by atoms with E-state index in [-0.39, 0.29) is 24.8 Å². The van der Waals surface area contributed by atoms with Gasteiger partial charge >= 0.3 is 6.09 Å². The fraction of sp³-hybridized carbons (Fsp3) is 0.467. The molecule has 10 heteroatoms. The molecule has 0 radical (unpaired) electrons. The molecule has 2 aromatic carbocycles. The van der Waals surface area contributed by atoms with Crippen LogP contribution in [-0.2, 0) is 19.1 Å². The first-order valence-corrected chi connectivity index (χ1v) is 13.4. The molecule has 4 amide bonds. The lowest BCUT2D eigenvalue weighted by Gasteiger charge is -2.35. The molecule has 216 valence electrons. The van der Waals surface area contributed by atoms with Gasteiger partial charge in [0.15, 0.2) is 0 Å². The zero-order chi connectivity index (χ0) is 29.6. The fourth-order valence-corrected chi connectivity index (χ4v) is 4.42. The van der Waals surface area contributed by atoms with Gasteiger partial charge in [0, 0.05) is 18.2 Å². The van der Waals surface area contributed by atoms with Gasteiger partial charge in [-0.15, -0.1) is 0 Å². The highest BCUT2D eigenvalue weighted by Gasteiger charge is 2.48. The number of ether oxygens (including phenoxy) is 2. The van der Waals surface area contributed by atoms with E-state index in [2.05, 4.69) is 10.6 Å². The van der Waals surface area contributed by atoms with E-state index in [0.717, 1.165) is 5.56 Å². The minimum Gasteiger partial charge on any atom is -0.497 e. The number of nitrogens with two attached hydrogens (primary N) is 1. The molecular formula is C30H40N4O6. The number of rotatable bonds is 11. The molecule has 0 bridgehead atoms. The van der Waals surface area contributed by atoms with Crippen molar-refractivity contribution in [1.82, 2.24) is 10.2 Å². The normalized spacial score (nSPS) is 17.6. The summed E-state index contributed by atoms with van der Waals surface area (Å²) in [7, 11) is 1.56. The lowest BCUT2D eigenvalue weighted by atomic mass is 10.00. The molecule has 4 atom stereocenters. The topological polar surface area (TPSA) is 140 Å². The van der Waals surface area contributed by atoms with E-state index in [4.69, 9.17) is 15.2 Å². The molecule has 4 unspecified atom stereocenters. The van der Waals surface area contributed by atoms with E-state index in [1.807, 2.05) is 38.1 Å². The number of primary amides is 1. The fourth-order valence-electron chi connectivity index (χ4n) is 4.42. The number of benzene rings is 2. The summed E-state index contributed by atoms with van der Waals surface area (Å²) in [6, 6.07) is 11.9. The zero-order valence-corrected chi connectivity index (χ0v) is 24.0. The highest BCUT2D eigenvalue weighted by Crippen LogP contribution is 2.41. The highest BCUT2D eigenvalue weighted by molar-refractivity contribution is 5.99. The van der Waals surface area contributed by atoms with E-state index in [0.29, 0.717) is 23.4 Å². The van der Waals surface area contributed by atoms with Crippen molar-refractivity contribution in [2.45, 2.75) is 77.6 Å². The van der Waals surface area contributed by atoms with Crippen molar-refractivity contribution in [3.8, 4) is 5.75 Å². The Morgan fingerprint density at radius 3 is 2.15 bits per heavy atom.